The molecule has 2 fully saturated rings. The van der Waals surface area contributed by atoms with Crippen LogP contribution in [0.1, 0.15) is 30.9 Å². The third-order valence-electron chi connectivity index (χ3n) is 4.43. The first-order valence-corrected chi connectivity index (χ1v) is 7.55. The minimum atomic E-state index is -0.510. The molecule has 1 aliphatic heterocycles. The maximum absolute atomic E-state index is 12.8. The summed E-state index contributed by atoms with van der Waals surface area (Å²) in [6.45, 7) is 1.09. The Morgan fingerprint density at radius 2 is 2.00 bits per heavy atom. The van der Waals surface area contributed by atoms with E-state index in [9.17, 15) is 9.59 Å². The van der Waals surface area contributed by atoms with E-state index in [0.717, 1.165) is 24.8 Å². The summed E-state index contributed by atoms with van der Waals surface area (Å²) in [5.74, 6) is -0.0492. The van der Waals surface area contributed by atoms with Gasteiger partial charge in [0.15, 0.2) is 0 Å². The summed E-state index contributed by atoms with van der Waals surface area (Å²) < 4.78 is 0. The predicted molar refractivity (Wildman–Crippen MR) is 79.2 cm³/mol. The highest BCUT2D eigenvalue weighted by Crippen LogP contribution is 2.31. The Bertz CT molecular complexity index is 532. The van der Waals surface area contributed by atoms with Crippen molar-refractivity contribution in [1.82, 2.24) is 10.2 Å². The number of nitrogens with two attached hydrogens (primary N) is 1. The number of benzene rings is 1. The molecule has 112 valence electrons. The molecular weight excluding hydrogens is 266 g/mol. The zero-order valence-electron chi connectivity index (χ0n) is 12.0. The molecule has 2 amide bonds. The fraction of sp³-hybridized carbons (Fsp3) is 0.500. The van der Waals surface area contributed by atoms with Crippen molar-refractivity contribution in [3.8, 4) is 0 Å². The van der Waals surface area contributed by atoms with Gasteiger partial charge in [0.25, 0.3) is 0 Å². The van der Waals surface area contributed by atoms with Gasteiger partial charge in [0.2, 0.25) is 11.8 Å². The Kier molecular flexibility index (Phi) is 3.92. The number of carbonyl (C=O) groups excluding carboxylic acids is 2. The first kappa shape index (κ1) is 14.1. The first-order chi connectivity index (χ1) is 10.2. The van der Waals surface area contributed by atoms with Crippen molar-refractivity contribution in [3.63, 3.8) is 0 Å². The van der Waals surface area contributed by atoms with Crippen molar-refractivity contribution in [2.45, 2.75) is 31.3 Å². The fourth-order valence-corrected chi connectivity index (χ4v) is 3.35. The van der Waals surface area contributed by atoms with Gasteiger partial charge in [0.05, 0.1) is 0 Å². The SMILES string of the molecule is N[C@@H]1CC[C@@H](C(=O)N2CCNC(=O)[C@@H]2c2ccccc2)C1. The highest BCUT2D eigenvalue weighted by molar-refractivity contribution is 5.90. The van der Waals surface area contributed by atoms with Crippen molar-refractivity contribution in [2.75, 3.05) is 13.1 Å². The second-order valence-electron chi connectivity index (χ2n) is 5.91. The lowest BCUT2D eigenvalue weighted by molar-refractivity contribution is -0.146. The van der Waals surface area contributed by atoms with Crippen molar-refractivity contribution < 1.29 is 9.59 Å². The van der Waals surface area contributed by atoms with E-state index in [1.54, 1.807) is 4.90 Å². The molecule has 0 unspecified atom stereocenters. The van der Waals surface area contributed by atoms with Crippen LogP contribution in [0.15, 0.2) is 30.3 Å². The highest BCUT2D eigenvalue weighted by Gasteiger charge is 2.38. The molecule has 5 nitrogen and oxygen atoms in total. The van der Waals surface area contributed by atoms with E-state index in [0.29, 0.717) is 13.1 Å². The Labute approximate surface area is 124 Å². The minimum absolute atomic E-state index is 0.0305. The summed E-state index contributed by atoms with van der Waals surface area (Å²) in [6.07, 6.45) is 2.46. The molecule has 3 N–H and O–H groups in total. The van der Waals surface area contributed by atoms with Gasteiger partial charge in [-0.2, -0.15) is 0 Å². The Morgan fingerprint density at radius 3 is 2.67 bits per heavy atom. The number of nitrogens with one attached hydrogen (secondary N) is 1. The maximum Gasteiger partial charge on any atom is 0.247 e. The van der Waals surface area contributed by atoms with Crippen LogP contribution in [0.3, 0.4) is 0 Å². The average Bonchev–Trinajstić information content (AvgIpc) is 2.93. The van der Waals surface area contributed by atoms with E-state index in [4.69, 9.17) is 5.73 Å². The van der Waals surface area contributed by atoms with Crippen LogP contribution in [0, 0.1) is 5.92 Å². The number of amides is 2. The molecule has 1 aromatic rings. The lowest BCUT2D eigenvalue weighted by Gasteiger charge is -2.36. The zero-order valence-corrected chi connectivity index (χ0v) is 12.0. The molecule has 0 bridgehead atoms. The van der Waals surface area contributed by atoms with Crippen LogP contribution in [0.25, 0.3) is 0 Å². The van der Waals surface area contributed by atoms with Gasteiger partial charge >= 0.3 is 0 Å². The van der Waals surface area contributed by atoms with Crippen LogP contribution in [0.5, 0.6) is 0 Å². The molecule has 0 spiro atoms. The first-order valence-electron chi connectivity index (χ1n) is 7.55. The zero-order chi connectivity index (χ0) is 14.8. The van der Waals surface area contributed by atoms with E-state index in [1.807, 2.05) is 30.3 Å². The smallest absolute Gasteiger partial charge is 0.247 e. The van der Waals surface area contributed by atoms with Crippen LogP contribution >= 0.6 is 0 Å². The fourth-order valence-electron chi connectivity index (χ4n) is 3.35. The van der Waals surface area contributed by atoms with E-state index in [1.165, 1.54) is 0 Å². The molecule has 21 heavy (non-hydrogen) atoms. The Morgan fingerprint density at radius 1 is 1.24 bits per heavy atom. The van der Waals surface area contributed by atoms with Crippen molar-refractivity contribution in [2.24, 2.45) is 11.7 Å². The van der Waals surface area contributed by atoms with Crippen LogP contribution in [0.4, 0.5) is 0 Å². The van der Waals surface area contributed by atoms with Gasteiger partial charge in [0, 0.05) is 25.0 Å². The summed E-state index contributed by atoms with van der Waals surface area (Å²) in [7, 11) is 0. The summed E-state index contributed by atoms with van der Waals surface area (Å²) >= 11 is 0. The number of carbonyl (C=O) groups is 2. The van der Waals surface area contributed by atoms with Gasteiger partial charge in [-0.3, -0.25) is 9.59 Å². The number of hydrogen-bond acceptors (Lipinski definition) is 3. The molecular formula is C16H21N3O2. The van der Waals surface area contributed by atoms with Gasteiger partial charge in [-0.1, -0.05) is 30.3 Å². The Balaban J connectivity index is 1.84. The number of hydrogen-bond donors (Lipinski definition) is 2. The molecule has 3 atom stereocenters. The van der Waals surface area contributed by atoms with Gasteiger partial charge in [0.1, 0.15) is 6.04 Å². The molecule has 2 aliphatic rings. The number of piperazine rings is 1. The normalized spacial score (nSPS) is 29.3. The van der Waals surface area contributed by atoms with Gasteiger partial charge < -0.3 is 16.0 Å². The molecule has 1 aromatic carbocycles. The second-order valence-corrected chi connectivity index (χ2v) is 5.91. The molecule has 1 aliphatic carbocycles. The largest absolute Gasteiger partial charge is 0.352 e. The Hall–Kier alpha value is -1.88. The maximum atomic E-state index is 12.8. The van der Waals surface area contributed by atoms with Crippen LogP contribution in [0.2, 0.25) is 0 Å². The molecule has 1 saturated carbocycles. The molecule has 0 radical (unpaired) electrons. The molecule has 5 heteroatoms. The lowest BCUT2D eigenvalue weighted by atomic mass is 9.98. The quantitative estimate of drug-likeness (QED) is 0.845. The van der Waals surface area contributed by atoms with Gasteiger partial charge in [-0.05, 0) is 24.8 Å². The van der Waals surface area contributed by atoms with E-state index in [2.05, 4.69) is 5.32 Å². The summed E-state index contributed by atoms with van der Waals surface area (Å²) in [5, 5.41) is 2.86. The molecule has 1 saturated heterocycles. The average molecular weight is 287 g/mol. The van der Waals surface area contributed by atoms with Crippen molar-refractivity contribution in [1.29, 1.82) is 0 Å². The van der Waals surface area contributed by atoms with Gasteiger partial charge in [-0.25, -0.2) is 0 Å². The van der Waals surface area contributed by atoms with Gasteiger partial charge in [-0.15, -0.1) is 0 Å². The van der Waals surface area contributed by atoms with E-state index in [-0.39, 0.29) is 23.8 Å². The lowest BCUT2D eigenvalue weighted by Crippen LogP contribution is -2.53. The van der Waals surface area contributed by atoms with E-state index < -0.39 is 6.04 Å². The standard InChI is InChI=1S/C16H21N3O2/c17-13-7-6-12(10-13)16(21)19-9-8-18-15(20)14(19)11-4-2-1-3-5-11/h1-5,12-14H,6-10,17H2,(H,18,20)/t12-,13-,14+/m1/s1. The van der Waals surface area contributed by atoms with Crippen molar-refractivity contribution >= 4 is 11.8 Å². The third kappa shape index (κ3) is 2.78. The molecule has 0 aromatic heterocycles. The highest BCUT2D eigenvalue weighted by atomic mass is 16.2. The topological polar surface area (TPSA) is 75.4 Å². The predicted octanol–water partition coefficient (Wildman–Crippen LogP) is 0.814. The summed E-state index contributed by atoms with van der Waals surface area (Å²) in [4.78, 5) is 26.8. The van der Waals surface area contributed by atoms with Crippen LogP contribution in [-0.4, -0.2) is 35.8 Å². The number of nitrogens with zero attached hydrogens (tertiary/aromatic N) is 1. The van der Waals surface area contributed by atoms with Crippen molar-refractivity contribution in [3.05, 3.63) is 35.9 Å². The summed E-state index contributed by atoms with van der Waals surface area (Å²) in [6, 6.07) is 9.10. The summed E-state index contributed by atoms with van der Waals surface area (Å²) in [5.41, 5.74) is 6.78. The monoisotopic (exact) mass is 287 g/mol. The number of rotatable bonds is 2. The second kappa shape index (κ2) is 5.85. The molecule has 3 rings (SSSR count). The third-order valence-corrected chi connectivity index (χ3v) is 4.43. The van der Waals surface area contributed by atoms with E-state index >= 15 is 0 Å². The van der Waals surface area contributed by atoms with Crippen LogP contribution in [-0.2, 0) is 9.59 Å². The van der Waals surface area contributed by atoms with Crippen LogP contribution < -0.4 is 11.1 Å². The molecule has 1 heterocycles. The minimum Gasteiger partial charge on any atom is -0.352 e.